The predicted molar refractivity (Wildman–Crippen MR) is 150 cm³/mol. The van der Waals surface area contributed by atoms with Crippen molar-refractivity contribution in [2.24, 2.45) is 5.92 Å². The molecular weight excluding hydrogens is 524 g/mol. The number of fused-ring (bicyclic) bond motifs is 1. The summed E-state index contributed by atoms with van der Waals surface area (Å²) in [6.07, 6.45) is 4.20. The van der Waals surface area contributed by atoms with Crippen molar-refractivity contribution in [3.63, 3.8) is 0 Å². The first-order valence-corrected chi connectivity index (χ1v) is 16.0. The van der Waals surface area contributed by atoms with E-state index in [9.17, 15) is 18.6 Å². The summed E-state index contributed by atoms with van der Waals surface area (Å²) in [4.78, 5) is 19.0. The van der Waals surface area contributed by atoms with E-state index in [1.54, 1.807) is 6.92 Å². The maximum Gasteiger partial charge on any atom is 0.225 e. The highest BCUT2D eigenvalue weighted by Gasteiger charge is 2.48. The first kappa shape index (κ1) is 27.2. The molecule has 0 bridgehead atoms. The summed E-state index contributed by atoms with van der Waals surface area (Å²) in [5.41, 5.74) is 1.47. The second-order valence-electron chi connectivity index (χ2n) is 10.6. The normalized spacial score (nSPS) is 24.6. The predicted octanol–water partition coefficient (Wildman–Crippen LogP) is 3.85. The minimum absolute atomic E-state index is 0.00270. The zero-order valence-electron chi connectivity index (χ0n) is 22.2. The second kappa shape index (κ2) is 10.3. The van der Waals surface area contributed by atoms with Crippen LogP contribution in [0.3, 0.4) is 0 Å². The SMILES string of the molecule is CCC(C)Nc1nc(C)c(-c2nc3c(C4CC4)nccc3s2)c(NC2(O)CCC(CS(=O)(=O)CC)C2O)n1. The molecule has 2 aliphatic carbocycles. The highest BCUT2D eigenvalue weighted by Crippen LogP contribution is 2.45. The van der Waals surface area contributed by atoms with Crippen LogP contribution in [0.5, 0.6) is 0 Å². The molecule has 4 atom stereocenters. The molecular formula is C26H36N6O4S2. The number of aryl methyl sites for hydroxylation is 1. The smallest absolute Gasteiger partial charge is 0.225 e. The fourth-order valence-corrected chi connectivity index (χ4v) is 7.31. The fourth-order valence-electron chi connectivity index (χ4n) is 5.00. The lowest BCUT2D eigenvalue weighted by molar-refractivity contribution is -0.0442. The van der Waals surface area contributed by atoms with E-state index in [0.29, 0.717) is 40.4 Å². The molecule has 2 fully saturated rings. The van der Waals surface area contributed by atoms with Crippen molar-refractivity contribution < 1.29 is 18.6 Å². The van der Waals surface area contributed by atoms with Crippen molar-refractivity contribution in [3.8, 4) is 10.6 Å². The van der Waals surface area contributed by atoms with E-state index in [0.717, 1.165) is 35.2 Å². The molecule has 4 N–H and O–H groups in total. The van der Waals surface area contributed by atoms with Gasteiger partial charge in [0.2, 0.25) is 5.95 Å². The molecule has 2 aliphatic rings. The van der Waals surface area contributed by atoms with E-state index in [1.165, 1.54) is 11.3 Å². The van der Waals surface area contributed by atoms with E-state index < -0.39 is 27.6 Å². The molecule has 4 unspecified atom stereocenters. The Balaban J connectivity index is 1.55. The van der Waals surface area contributed by atoms with Crippen molar-refractivity contribution in [1.82, 2.24) is 19.9 Å². The summed E-state index contributed by atoms with van der Waals surface area (Å²) >= 11 is 1.52. The number of rotatable bonds is 10. The molecule has 0 saturated heterocycles. The molecule has 3 aromatic heterocycles. The van der Waals surface area contributed by atoms with Crippen LogP contribution in [0, 0.1) is 12.8 Å². The lowest BCUT2D eigenvalue weighted by Gasteiger charge is -2.31. The Morgan fingerprint density at radius 3 is 2.66 bits per heavy atom. The van der Waals surface area contributed by atoms with Crippen molar-refractivity contribution in [2.75, 3.05) is 22.1 Å². The summed E-state index contributed by atoms with van der Waals surface area (Å²) in [6, 6.07) is 2.09. The van der Waals surface area contributed by atoms with Gasteiger partial charge in [-0.2, -0.15) is 4.98 Å². The molecule has 2 saturated carbocycles. The highest BCUT2D eigenvalue weighted by atomic mass is 32.2. The van der Waals surface area contributed by atoms with Gasteiger partial charge in [-0.3, -0.25) is 4.98 Å². The first-order valence-electron chi connectivity index (χ1n) is 13.3. The van der Waals surface area contributed by atoms with Gasteiger partial charge >= 0.3 is 0 Å². The topological polar surface area (TPSA) is 150 Å². The summed E-state index contributed by atoms with van der Waals surface area (Å²) in [5.74, 6) is 0.458. The summed E-state index contributed by atoms with van der Waals surface area (Å²) in [5, 5.41) is 29.7. The maximum absolute atomic E-state index is 12.2. The number of nitrogens with one attached hydrogen (secondary N) is 2. The Bertz CT molecular complexity index is 1440. The molecule has 206 valence electrons. The van der Waals surface area contributed by atoms with Gasteiger partial charge in [0.25, 0.3) is 0 Å². The van der Waals surface area contributed by atoms with E-state index >= 15 is 0 Å². The fraction of sp³-hybridized carbons (Fsp3) is 0.615. The Morgan fingerprint density at radius 1 is 1.21 bits per heavy atom. The lowest BCUT2D eigenvalue weighted by atomic mass is 10.0. The average molecular weight is 561 g/mol. The molecule has 3 heterocycles. The van der Waals surface area contributed by atoms with Crippen LogP contribution in [-0.4, -0.2) is 67.9 Å². The number of hydrogen-bond acceptors (Lipinski definition) is 11. The van der Waals surface area contributed by atoms with Gasteiger partial charge in [-0.05, 0) is 52.0 Å². The number of aromatic nitrogens is 4. The minimum Gasteiger partial charge on any atom is -0.388 e. The number of hydrogen-bond donors (Lipinski definition) is 4. The number of aliphatic hydroxyl groups is 2. The van der Waals surface area contributed by atoms with E-state index in [1.807, 2.05) is 26.1 Å². The summed E-state index contributed by atoms with van der Waals surface area (Å²) in [6.45, 7) is 7.56. The molecule has 38 heavy (non-hydrogen) atoms. The van der Waals surface area contributed by atoms with Gasteiger partial charge in [-0.15, -0.1) is 11.3 Å². The standard InChI is InChI=1S/C26H36N6O4S2/c1-5-14(3)28-25-29-15(4)19(24-30-21-18(37-24)10-12-27-20(21)16-7-8-16)23(31-25)32-26(34)11-9-17(22(26)33)13-38(35,36)6-2/h10,12,14,16-17,22,33-34H,5-9,11,13H2,1-4H3,(H2,28,29,31,32). The molecule has 0 radical (unpaired) electrons. The zero-order chi connectivity index (χ0) is 27.2. The van der Waals surface area contributed by atoms with Crippen LogP contribution >= 0.6 is 11.3 Å². The third-order valence-corrected chi connectivity index (χ3v) is 10.5. The van der Waals surface area contributed by atoms with Gasteiger partial charge in [0.1, 0.15) is 32.3 Å². The van der Waals surface area contributed by atoms with Crippen molar-refractivity contribution in [2.45, 2.75) is 83.6 Å². The summed E-state index contributed by atoms with van der Waals surface area (Å²) < 4.78 is 25.5. The summed E-state index contributed by atoms with van der Waals surface area (Å²) in [7, 11) is -3.31. The number of sulfone groups is 1. The number of pyridine rings is 1. The molecule has 0 aliphatic heterocycles. The van der Waals surface area contributed by atoms with Gasteiger partial charge in [0, 0.05) is 29.8 Å². The zero-order valence-corrected chi connectivity index (χ0v) is 23.9. The van der Waals surface area contributed by atoms with Gasteiger partial charge in [0.05, 0.1) is 27.4 Å². The van der Waals surface area contributed by atoms with Gasteiger partial charge in [-0.1, -0.05) is 13.8 Å². The number of nitrogens with zero attached hydrogens (tertiary/aromatic N) is 4. The maximum atomic E-state index is 12.2. The van der Waals surface area contributed by atoms with Crippen LogP contribution in [-0.2, 0) is 9.84 Å². The lowest BCUT2D eigenvalue weighted by Crippen LogP contribution is -2.48. The minimum atomic E-state index is -3.31. The van der Waals surface area contributed by atoms with Gasteiger partial charge < -0.3 is 20.8 Å². The first-order chi connectivity index (χ1) is 18.0. The van der Waals surface area contributed by atoms with E-state index in [2.05, 4.69) is 22.5 Å². The molecule has 5 rings (SSSR count). The van der Waals surface area contributed by atoms with Crippen molar-refractivity contribution >= 4 is 43.2 Å². The third kappa shape index (κ3) is 5.36. The van der Waals surface area contributed by atoms with E-state index in [-0.39, 0.29) is 24.0 Å². The van der Waals surface area contributed by atoms with Gasteiger partial charge in [-0.25, -0.2) is 18.4 Å². The van der Waals surface area contributed by atoms with Crippen LogP contribution < -0.4 is 10.6 Å². The third-order valence-electron chi connectivity index (χ3n) is 7.67. The molecule has 12 heteroatoms. The Hall–Kier alpha value is -2.41. The van der Waals surface area contributed by atoms with Crippen LogP contribution in [0.4, 0.5) is 11.8 Å². The number of thiazole rings is 1. The van der Waals surface area contributed by atoms with Gasteiger partial charge in [0.15, 0.2) is 5.72 Å². The molecule has 10 nitrogen and oxygen atoms in total. The van der Waals surface area contributed by atoms with Crippen LogP contribution in [0.1, 0.15) is 70.2 Å². The molecule has 0 spiro atoms. The van der Waals surface area contributed by atoms with Crippen molar-refractivity contribution in [1.29, 1.82) is 0 Å². The van der Waals surface area contributed by atoms with Crippen LogP contribution in [0.2, 0.25) is 0 Å². The highest BCUT2D eigenvalue weighted by molar-refractivity contribution is 7.91. The van der Waals surface area contributed by atoms with Crippen molar-refractivity contribution in [3.05, 3.63) is 23.7 Å². The quantitative estimate of drug-likeness (QED) is 0.269. The second-order valence-corrected chi connectivity index (χ2v) is 14.1. The van der Waals surface area contributed by atoms with E-state index in [4.69, 9.17) is 15.0 Å². The molecule has 3 aromatic rings. The Morgan fingerprint density at radius 2 is 1.97 bits per heavy atom. The molecule has 0 amide bonds. The van der Waals surface area contributed by atoms with Crippen LogP contribution in [0.15, 0.2) is 12.3 Å². The Kier molecular flexibility index (Phi) is 7.36. The average Bonchev–Trinajstić information content (AvgIpc) is 3.57. The number of aliphatic hydroxyl groups excluding tert-OH is 1. The number of anilines is 2. The van der Waals surface area contributed by atoms with Crippen LogP contribution in [0.25, 0.3) is 20.8 Å². The monoisotopic (exact) mass is 560 g/mol. The molecule has 0 aromatic carbocycles. The largest absolute Gasteiger partial charge is 0.388 e. The Labute approximate surface area is 227 Å².